The normalized spacial score (nSPS) is 16.0. The number of alkyl halides is 3. The molecular formula is C33H35F3N8O2. The molecular weight excluding hydrogens is 597 g/mol. The third kappa shape index (κ3) is 6.68. The number of hydrogen-bond donors (Lipinski definition) is 1. The molecule has 0 unspecified atom stereocenters. The summed E-state index contributed by atoms with van der Waals surface area (Å²) in [7, 11) is 3.50. The zero-order valence-corrected chi connectivity index (χ0v) is 25.7. The number of aromatic nitrogens is 4. The van der Waals surface area contributed by atoms with Crippen molar-refractivity contribution in [1.82, 2.24) is 29.3 Å². The summed E-state index contributed by atoms with van der Waals surface area (Å²) < 4.78 is 40.4. The van der Waals surface area contributed by atoms with Crippen LogP contribution in [0.3, 0.4) is 0 Å². The number of nitrogens with zero attached hydrogens (tertiary/aromatic N) is 7. The van der Waals surface area contributed by atoms with Crippen molar-refractivity contribution in [1.29, 1.82) is 0 Å². The predicted molar refractivity (Wildman–Crippen MR) is 170 cm³/mol. The lowest BCUT2D eigenvalue weighted by molar-refractivity contribution is -0.137. The summed E-state index contributed by atoms with van der Waals surface area (Å²) in [6.45, 7) is 2.23. The van der Waals surface area contributed by atoms with Gasteiger partial charge in [0.05, 0.1) is 17.4 Å². The third-order valence-electron chi connectivity index (χ3n) is 8.49. The lowest BCUT2D eigenvalue weighted by Crippen LogP contribution is -2.48. The molecule has 240 valence electrons. The standard InChI is InChI=1S/C33H35F3N8O2/c1-41(2)31(46)27-19-23-20-38-32(40-30(23)44(27)25-5-3-4-6-25)39-28-13-12-26(21-37-28)42-15-17-43(18-16-42)29(45)14-9-22-7-10-24(11-8-22)33(34,35)36/h7-14,19-21,25H,3-6,15-18H2,1-2H3,(H,37,38,39,40)/b14-9+. The molecule has 1 saturated carbocycles. The molecule has 46 heavy (non-hydrogen) atoms. The van der Waals surface area contributed by atoms with Crippen LogP contribution in [0.2, 0.25) is 0 Å². The number of nitrogens with one attached hydrogen (secondary N) is 1. The zero-order valence-electron chi connectivity index (χ0n) is 25.7. The van der Waals surface area contributed by atoms with Gasteiger partial charge in [0.1, 0.15) is 17.2 Å². The first kappa shape index (κ1) is 31.1. The van der Waals surface area contributed by atoms with Crippen molar-refractivity contribution in [2.24, 2.45) is 0 Å². The molecule has 10 nitrogen and oxygen atoms in total. The maximum atomic E-state index is 13.0. The first-order valence-corrected chi connectivity index (χ1v) is 15.3. The summed E-state index contributed by atoms with van der Waals surface area (Å²) in [5.41, 5.74) is 2.07. The van der Waals surface area contributed by atoms with Crippen molar-refractivity contribution >= 4 is 46.4 Å². The Labute approximate surface area is 264 Å². The van der Waals surface area contributed by atoms with Gasteiger partial charge in [0.25, 0.3) is 5.91 Å². The number of piperazine rings is 1. The van der Waals surface area contributed by atoms with Crippen LogP contribution in [0.4, 0.5) is 30.6 Å². The molecule has 1 aliphatic carbocycles. The molecule has 3 aromatic heterocycles. The Kier molecular flexibility index (Phi) is 8.65. The number of halogens is 3. The highest BCUT2D eigenvalue weighted by Gasteiger charge is 2.30. The van der Waals surface area contributed by atoms with Gasteiger partial charge < -0.3 is 24.6 Å². The summed E-state index contributed by atoms with van der Waals surface area (Å²) in [5, 5.41) is 4.01. The molecule has 2 amide bonds. The molecule has 1 N–H and O–H groups in total. The van der Waals surface area contributed by atoms with E-state index in [-0.39, 0.29) is 17.9 Å². The van der Waals surface area contributed by atoms with E-state index in [2.05, 4.69) is 24.8 Å². The maximum absolute atomic E-state index is 13.0. The molecule has 0 radical (unpaired) electrons. The fourth-order valence-corrected chi connectivity index (χ4v) is 6.00. The largest absolute Gasteiger partial charge is 0.416 e. The van der Waals surface area contributed by atoms with Crippen LogP contribution < -0.4 is 10.2 Å². The Morgan fingerprint density at radius 3 is 2.30 bits per heavy atom. The van der Waals surface area contributed by atoms with Crippen LogP contribution in [-0.2, 0) is 11.0 Å². The van der Waals surface area contributed by atoms with Crippen molar-refractivity contribution in [2.75, 3.05) is 50.5 Å². The molecule has 1 saturated heterocycles. The van der Waals surface area contributed by atoms with E-state index in [0.29, 0.717) is 49.2 Å². The van der Waals surface area contributed by atoms with E-state index in [1.807, 2.05) is 18.2 Å². The molecule has 0 bridgehead atoms. The minimum Gasteiger partial charge on any atom is -0.367 e. The van der Waals surface area contributed by atoms with Gasteiger partial charge in [-0.05, 0) is 54.8 Å². The number of hydrogen-bond acceptors (Lipinski definition) is 7. The molecule has 6 rings (SSSR count). The van der Waals surface area contributed by atoms with Gasteiger partial charge in [0, 0.05) is 64.0 Å². The van der Waals surface area contributed by atoms with E-state index < -0.39 is 11.7 Å². The van der Waals surface area contributed by atoms with Crippen molar-refractivity contribution in [3.63, 3.8) is 0 Å². The van der Waals surface area contributed by atoms with Gasteiger partial charge in [-0.3, -0.25) is 9.59 Å². The second-order valence-corrected chi connectivity index (χ2v) is 11.8. The Balaban J connectivity index is 1.07. The molecule has 2 fully saturated rings. The number of fused-ring (bicyclic) bond motifs is 1. The van der Waals surface area contributed by atoms with E-state index >= 15 is 0 Å². The molecule has 1 aromatic carbocycles. The Morgan fingerprint density at radius 1 is 0.957 bits per heavy atom. The maximum Gasteiger partial charge on any atom is 0.416 e. The molecule has 1 aliphatic heterocycles. The van der Waals surface area contributed by atoms with Gasteiger partial charge in [-0.2, -0.15) is 18.2 Å². The summed E-state index contributed by atoms with van der Waals surface area (Å²) >= 11 is 0. The highest BCUT2D eigenvalue weighted by atomic mass is 19.4. The Hall–Kier alpha value is -4.94. The first-order valence-electron chi connectivity index (χ1n) is 15.3. The monoisotopic (exact) mass is 632 g/mol. The Morgan fingerprint density at radius 2 is 1.67 bits per heavy atom. The summed E-state index contributed by atoms with van der Waals surface area (Å²) in [4.78, 5) is 44.9. The second-order valence-electron chi connectivity index (χ2n) is 11.8. The minimum atomic E-state index is -4.39. The van der Waals surface area contributed by atoms with E-state index in [0.717, 1.165) is 54.5 Å². The van der Waals surface area contributed by atoms with Gasteiger partial charge in [0.15, 0.2) is 0 Å². The van der Waals surface area contributed by atoms with Gasteiger partial charge in [-0.15, -0.1) is 0 Å². The summed E-state index contributed by atoms with van der Waals surface area (Å²) in [5.74, 6) is 0.724. The van der Waals surface area contributed by atoms with Crippen LogP contribution in [-0.4, -0.2) is 81.4 Å². The summed E-state index contributed by atoms with van der Waals surface area (Å²) in [6.07, 6.45) is 6.29. The van der Waals surface area contributed by atoms with E-state index in [4.69, 9.17) is 4.98 Å². The van der Waals surface area contributed by atoms with Gasteiger partial charge in [-0.25, -0.2) is 9.97 Å². The van der Waals surface area contributed by atoms with Crippen LogP contribution in [0.5, 0.6) is 0 Å². The number of carbonyl (C=O) groups is 2. The van der Waals surface area contributed by atoms with Crippen molar-refractivity contribution in [2.45, 2.75) is 37.9 Å². The van der Waals surface area contributed by atoms with E-state index in [1.165, 1.54) is 24.3 Å². The predicted octanol–water partition coefficient (Wildman–Crippen LogP) is 5.77. The van der Waals surface area contributed by atoms with Crippen molar-refractivity contribution in [3.8, 4) is 0 Å². The number of pyridine rings is 1. The lowest BCUT2D eigenvalue weighted by Gasteiger charge is -2.35. The average molecular weight is 633 g/mol. The van der Waals surface area contributed by atoms with Gasteiger partial charge >= 0.3 is 6.18 Å². The second kappa shape index (κ2) is 12.8. The van der Waals surface area contributed by atoms with Crippen LogP contribution in [0.1, 0.15) is 53.3 Å². The fourth-order valence-electron chi connectivity index (χ4n) is 6.00. The summed E-state index contributed by atoms with van der Waals surface area (Å²) in [6, 6.07) is 10.6. The topological polar surface area (TPSA) is 99.5 Å². The fraction of sp³-hybridized carbons (Fsp3) is 0.364. The minimum absolute atomic E-state index is 0.0588. The number of rotatable bonds is 7. The molecule has 4 aromatic rings. The number of amides is 2. The quantitative estimate of drug-likeness (QED) is 0.259. The zero-order chi connectivity index (χ0) is 32.4. The smallest absolute Gasteiger partial charge is 0.367 e. The number of anilines is 3. The van der Waals surface area contributed by atoms with E-state index in [1.54, 1.807) is 36.3 Å². The lowest BCUT2D eigenvalue weighted by atomic mass is 10.1. The molecule has 2 aliphatic rings. The Bertz CT molecular complexity index is 1740. The SMILES string of the molecule is CN(C)C(=O)c1cc2cnc(Nc3ccc(N4CCN(C(=O)/C=C/c5ccc(C(F)(F)F)cc5)CC4)cn3)nc2n1C1CCCC1. The number of carbonyl (C=O) groups excluding carboxylic acids is 2. The third-order valence-corrected chi connectivity index (χ3v) is 8.49. The van der Waals surface area contributed by atoms with Crippen LogP contribution in [0, 0.1) is 0 Å². The van der Waals surface area contributed by atoms with Crippen LogP contribution in [0.15, 0.2) is 60.9 Å². The van der Waals surface area contributed by atoms with Crippen LogP contribution in [0.25, 0.3) is 17.1 Å². The molecule has 0 atom stereocenters. The molecule has 0 spiro atoms. The molecule has 13 heteroatoms. The highest BCUT2D eigenvalue weighted by molar-refractivity contribution is 5.98. The van der Waals surface area contributed by atoms with E-state index in [9.17, 15) is 22.8 Å². The number of benzene rings is 1. The van der Waals surface area contributed by atoms with Gasteiger partial charge in [0.2, 0.25) is 11.9 Å². The van der Waals surface area contributed by atoms with Crippen LogP contribution >= 0.6 is 0 Å². The van der Waals surface area contributed by atoms with Crippen molar-refractivity contribution < 1.29 is 22.8 Å². The van der Waals surface area contributed by atoms with Crippen molar-refractivity contribution in [3.05, 3.63) is 77.8 Å². The van der Waals surface area contributed by atoms with Gasteiger partial charge in [-0.1, -0.05) is 25.0 Å². The highest BCUT2D eigenvalue weighted by Crippen LogP contribution is 2.35. The molecule has 4 heterocycles. The first-order chi connectivity index (χ1) is 22.1. The average Bonchev–Trinajstić information content (AvgIpc) is 3.71.